The van der Waals surface area contributed by atoms with Crippen molar-refractivity contribution < 1.29 is 14.0 Å². The second-order valence-electron chi connectivity index (χ2n) is 4.94. The molecule has 1 rings (SSSR count). The highest BCUT2D eigenvalue weighted by Crippen LogP contribution is 2.38. The Bertz CT molecular complexity index is 335. The average molecular weight is 240 g/mol. The minimum Gasteiger partial charge on any atom is -0.481 e. The van der Waals surface area contributed by atoms with Crippen LogP contribution in [0, 0.1) is 0 Å². The molecule has 0 saturated carbocycles. The molecule has 1 aliphatic rings. The fourth-order valence-corrected chi connectivity index (χ4v) is 1.56. The van der Waals surface area contributed by atoms with E-state index in [2.05, 4.69) is 4.99 Å². The lowest BCUT2D eigenvalue weighted by Gasteiger charge is -2.32. The third kappa shape index (κ3) is 2.47. The molecule has 1 heterocycles. The van der Waals surface area contributed by atoms with Gasteiger partial charge in [0, 0.05) is 7.05 Å². The topological polar surface area (TPSA) is 66.1 Å². The van der Waals surface area contributed by atoms with Crippen LogP contribution in [0.2, 0.25) is 0 Å². The highest BCUT2D eigenvalue weighted by atomic mass is 16.7. The summed E-state index contributed by atoms with van der Waals surface area (Å²) >= 11 is 0. The predicted octanol–water partition coefficient (Wildman–Crippen LogP) is 1.14. The zero-order valence-electron chi connectivity index (χ0n) is 11.4. The van der Waals surface area contributed by atoms with E-state index in [1.54, 1.807) is 7.05 Å². The van der Waals surface area contributed by atoms with Crippen molar-refractivity contribution in [3.8, 4) is 0 Å². The highest BCUT2D eigenvalue weighted by molar-refractivity contribution is 6.61. The van der Waals surface area contributed by atoms with E-state index < -0.39 is 18.3 Å². The summed E-state index contributed by atoms with van der Waals surface area (Å²) in [4.78, 5) is 4.00. The molecule has 1 aliphatic heterocycles. The Hall–Kier alpha value is -1.01. The maximum Gasteiger partial charge on any atom is 0.501 e. The summed E-state index contributed by atoms with van der Waals surface area (Å²) in [6, 6.07) is 0. The normalized spacial score (nSPS) is 24.0. The van der Waals surface area contributed by atoms with Crippen LogP contribution < -0.4 is 5.73 Å². The SMILES string of the molecule is CN=C(OC)C(=CN)B1OC(C)(C)C(C)(C)O1. The number of rotatable bonds is 2. The molecule has 0 radical (unpaired) electrons. The van der Waals surface area contributed by atoms with E-state index in [0.717, 1.165) is 0 Å². The molecule has 0 aromatic carbocycles. The number of aliphatic imine (C=N–C) groups is 1. The van der Waals surface area contributed by atoms with Crippen LogP contribution in [-0.2, 0) is 14.0 Å². The van der Waals surface area contributed by atoms with Crippen molar-refractivity contribution >= 4 is 13.0 Å². The molecule has 0 aliphatic carbocycles. The molecule has 0 bridgehead atoms. The van der Waals surface area contributed by atoms with Crippen LogP contribution in [0.15, 0.2) is 16.7 Å². The van der Waals surface area contributed by atoms with Gasteiger partial charge in [0.2, 0.25) is 5.90 Å². The highest BCUT2D eigenvalue weighted by Gasteiger charge is 2.53. The first-order valence-electron chi connectivity index (χ1n) is 5.57. The van der Waals surface area contributed by atoms with Gasteiger partial charge in [0.05, 0.1) is 23.8 Å². The van der Waals surface area contributed by atoms with Gasteiger partial charge in [-0.25, -0.2) is 0 Å². The summed E-state index contributed by atoms with van der Waals surface area (Å²) in [6.07, 6.45) is 1.41. The lowest BCUT2D eigenvalue weighted by Crippen LogP contribution is -2.41. The standard InChI is InChI=1S/C11H21BN2O3/c1-10(2)11(3,4)17-12(16-10)8(7-13)9(14-5)15-6/h7H,13H2,1-6H3. The van der Waals surface area contributed by atoms with Crippen molar-refractivity contribution in [3.63, 3.8) is 0 Å². The van der Waals surface area contributed by atoms with Gasteiger partial charge in [-0.15, -0.1) is 0 Å². The molecule has 0 spiro atoms. The molecule has 0 amide bonds. The van der Waals surface area contributed by atoms with Crippen molar-refractivity contribution in [3.05, 3.63) is 11.7 Å². The third-order valence-corrected chi connectivity index (χ3v) is 3.33. The Morgan fingerprint density at radius 1 is 1.24 bits per heavy atom. The van der Waals surface area contributed by atoms with Crippen molar-refractivity contribution in [1.29, 1.82) is 0 Å². The summed E-state index contributed by atoms with van der Waals surface area (Å²) in [5.41, 5.74) is 5.40. The summed E-state index contributed by atoms with van der Waals surface area (Å²) in [7, 11) is 2.62. The van der Waals surface area contributed by atoms with Crippen molar-refractivity contribution in [1.82, 2.24) is 0 Å². The quantitative estimate of drug-likeness (QED) is 0.446. The second-order valence-corrected chi connectivity index (χ2v) is 4.94. The van der Waals surface area contributed by atoms with Gasteiger partial charge < -0.3 is 19.8 Å². The third-order valence-electron chi connectivity index (χ3n) is 3.33. The van der Waals surface area contributed by atoms with Crippen molar-refractivity contribution in [2.45, 2.75) is 38.9 Å². The molecule has 0 aromatic heterocycles. The molecular formula is C11H21BN2O3. The Morgan fingerprint density at radius 2 is 1.71 bits per heavy atom. The fraction of sp³-hybridized carbons (Fsp3) is 0.727. The molecule has 0 unspecified atom stereocenters. The number of hydrogen-bond donors (Lipinski definition) is 1. The Labute approximate surface area is 103 Å². The van der Waals surface area contributed by atoms with Gasteiger partial charge in [0.15, 0.2) is 0 Å². The number of nitrogens with two attached hydrogens (primary N) is 1. The molecule has 1 fully saturated rings. The zero-order chi connectivity index (χ0) is 13.3. The fourth-order valence-electron chi connectivity index (χ4n) is 1.56. The van der Waals surface area contributed by atoms with Crippen molar-refractivity contribution in [2.75, 3.05) is 14.2 Å². The van der Waals surface area contributed by atoms with Gasteiger partial charge >= 0.3 is 7.12 Å². The summed E-state index contributed by atoms with van der Waals surface area (Å²) in [5, 5.41) is 0. The zero-order valence-corrected chi connectivity index (χ0v) is 11.4. The van der Waals surface area contributed by atoms with E-state index in [1.165, 1.54) is 13.3 Å². The Balaban J connectivity index is 2.97. The number of ether oxygens (including phenoxy) is 1. The van der Waals surface area contributed by atoms with Gasteiger partial charge in [-0.3, -0.25) is 4.99 Å². The van der Waals surface area contributed by atoms with Gasteiger partial charge in [0.25, 0.3) is 0 Å². The van der Waals surface area contributed by atoms with E-state index in [9.17, 15) is 0 Å². The van der Waals surface area contributed by atoms with Crippen LogP contribution in [-0.4, -0.2) is 38.4 Å². The summed E-state index contributed by atoms with van der Waals surface area (Å²) in [5.74, 6) is 0.422. The van der Waals surface area contributed by atoms with E-state index in [1.807, 2.05) is 27.7 Å². The first-order valence-corrected chi connectivity index (χ1v) is 5.57. The maximum absolute atomic E-state index is 5.87. The molecule has 0 atom stereocenters. The summed E-state index contributed by atoms with van der Waals surface area (Å²) < 4.78 is 16.9. The Kier molecular flexibility index (Phi) is 3.89. The molecular weight excluding hydrogens is 219 g/mol. The smallest absolute Gasteiger partial charge is 0.481 e. The van der Waals surface area contributed by atoms with Crippen LogP contribution in [0.1, 0.15) is 27.7 Å². The molecule has 1 saturated heterocycles. The largest absolute Gasteiger partial charge is 0.501 e. The van der Waals surface area contributed by atoms with Gasteiger partial charge in [-0.1, -0.05) is 0 Å². The molecule has 6 heteroatoms. The van der Waals surface area contributed by atoms with E-state index >= 15 is 0 Å². The maximum atomic E-state index is 5.87. The molecule has 2 N–H and O–H groups in total. The monoisotopic (exact) mass is 240 g/mol. The molecule has 96 valence electrons. The lowest BCUT2D eigenvalue weighted by atomic mass is 9.78. The van der Waals surface area contributed by atoms with E-state index in [-0.39, 0.29) is 0 Å². The molecule has 0 aromatic rings. The minimum absolute atomic E-state index is 0.404. The lowest BCUT2D eigenvalue weighted by molar-refractivity contribution is 0.00578. The first kappa shape index (κ1) is 14.1. The van der Waals surface area contributed by atoms with Crippen LogP contribution in [0.3, 0.4) is 0 Å². The van der Waals surface area contributed by atoms with Crippen molar-refractivity contribution in [2.24, 2.45) is 10.7 Å². The van der Waals surface area contributed by atoms with Crippen LogP contribution in [0.25, 0.3) is 0 Å². The predicted molar refractivity (Wildman–Crippen MR) is 68.7 cm³/mol. The summed E-state index contributed by atoms with van der Waals surface area (Å²) in [6.45, 7) is 7.93. The molecule has 17 heavy (non-hydrogen) atoms. The van der Waals surface area contributed by atoms with Gasteiger partial charge in [-0.2, -0.15) is 0 Å². The first-order chi connectivity index (χ1) is 7.79. The van der Waals surface area contributed by atoms with Gasteiger partial charge in [0.1, 0.15) is 0 Å². The van der Waals surface area contributed by atoms with E-state index in [4.69, 9.17) is 19.8 Å². The second kappa shape index (κ2) is 4.70. The van der Waals surface area contributed by atoms with Crippen LogP contribution >= 0.6 is 0 Å². The Morgan fingerprint density at radius 3 is 2.00 bits per heavy atom. The van der Waals surface area contributed by atoms with Crippen LogP contribution in [0.5, 0.6) is 0 Å². The molecule has 5 nitrogen and oxygen atoms in total. The van der Waals surface area contributed by atoms with Gasteiger partial charge in [-0.05, 0) is 33.9 Å². The van der Waals surface area contributed by atoms with Crippen LogP contribution in [0.4, 0.5) is 0 Å². The average Bonchev–Trinajstić information content (AvgIpc) is 2.44. The minimum atomic E-state index is -0.552. The van der Waals surface area contributed by atoms with E-state index in [0.29, 0.717) is 11.4 Å². The number of hydrogen-bond acceptors (Lipinski definition) is 5. The number of nitrogens with zero attached hydrogens (tertiary/aromatic N) is 1. The number of methoxy groups -OCH3 is 1.